The van der Waals surface area contributed by atoms with Gasteiger partial charge in [-0.3, -0.25) is 19.7 Å². The number of hydrogen-bond acceptors (Lipinski definition) is 7. The average Bonchev–Trinajstić information content (AvgIpc) is 3.72. The van der Waals surface area contributed by atoms with Gasteiger partial charge >= 0.3 is 12.3 Å². The minimum absolute atomic E-state index is 0.0257. The smallest absolute Gasteiger partial charge is 0.411 e. The fourth-order valence-electron chi connectivity index (χ4n) is 5.29. The number of carbonyl (C=O) groups excluding carboxylic acids is 2. The number of aromatic nitrogens is 4. The number of nitrogens with one attached hydrogen (secondary N) is 1. The number of alkyl carbamates (subject to hydrolysis) is 1. The number of rotatable bonds is 11. The summed E-state index contributed by atoms with van der Waals surface area (Å²) in [6, 6.07) is 11.1. The maximum atomic E-state index is 15.9. The number of halogens is 7. The minimum atomic E-state index is -4.76. The van der Waals surface area contributed by atoms with Gasteiger partial charge in [0.25, 0.3) is 12.3 Å². The Bertz CT molecular complexity index is 1980. The largest absolute Gasteiger partial charge is 0.447 e. The molecule has 1 fully saturated rings. The summed E-state index contributed by atoms with van der Waals surface area (Å²) in [6.07, 6.45) is -7.18. The van der Waals surface area contributed by atoms with E-state index < -0.39 is 66.0 Å². The van der Waals surface area contributed by atoms with Gasteiger partial charge in [0.1, 0.15) is 24.3 Å². The molecule has 2 aromatic heterocycles. The van der Waals surface area contributed by atoms with Crippen LogP contribution in [0, 0.1) is 11.2 Å². The van der Waals surface area contributed by atoms with Crippen molar-refractivity contribution < 1.29 is 40.7 Å². The molecule has 4 aromatic rings. The van der Waals surface area contributed by atoms with Crippen LogP contribution in [-0.4, -0.2) is 67.5 Å². The lowest BCUT2D eigenvalue weighted by Gasteiger charge is -2.32. The van der Waals surface area contributed by atoms with E-state index in [1.807, 2.05) is 26.1 Å². The fraction of sp³-hybridized carbons (Fsp3) is 0.371. The Morgan fingerprint density at radius 2 is 1.83 bits per heavy atom. The molecular weight excluding hydrogens is 730 g/mol. The molecular formula is C35H35ClF6N8O3. The van der Waals surface area contributed by atoms with Gasteiger partial charge in [0.15, 0.2) is 11.8 Å². The molecule has 53 heavy (non-hydrogen) atoms. The summed E-state index contributed by atoms with van der Waals surface area (Å²) in [5.74, 6) is -3.28. The quantitative estimate of drug-likeness (QED) is 0.0902. The van der Waals surface area contributed by atoms with Crippen molar-refractivity contribution in [2.45, 2.75) is 64.2 Å². The van der Waals surface area contributed by atoms with Crippen molar-refractivity contribution in [3.05, 3.63) is 94.9 Å². The maximum Gasteiger partial charge on any atom is 0.411 e. The molecule has 0 aliphatic heterocycles. The molecule has 2 aromatic carbocycles. The van der Waals surface area contributed by atoms with Crippen molar-refractivity contribution in [1.82, 2.24) is 30.0 Å². The molecule has 1 saturated carbocycles. The summed E-state index contributed by atoms with van der Waals surface area (Å²) in [4.78, 5) is 40.2. The van der Waals surface area contributed by atoms with E-state index in [-0.39, 0.29) is 41.1 Å². The monoisotopic (exact) mass is 764 g/mol. The van der Waals surface area contributed by atoms with Crippen molar-refractivity contribution in [1.29, 1.82) is 0 Å². The first-order valence-corrected chi connectivity index (χ1v) is 16.6. The van der Waals surface area contributed by atoms with Gasteiger partial charge in [-0.05, 0) is 66.6 Å². The molecule has 0 saturated heterocycles. The summed E-state index contributed by atoms with van der Waals surface area (Å²) >= 11 is 6.40. The van der Waals surface area contributed by atoms with E-state index in [9.17, 15) is 31.5 Å². The van der Waals surface area contributed by atoms with Crippen LogP contribution in [0.3, 0.4) is 0 Å². The zero-order valence-corrected chi connectivity index (χ0v) is 29.4. The summed E-state index contributed by atoms with van der Waals surface area (Å²) < 4.78 is 90.6. The third-order valence-electron chi connectivity index (χ3n) is 8.43. The zero-order chi connectivity index (χ0) is 38.7. The highest BCUT2D eigenvalue weighted by Crippen LogP contribution is 2.49. The molecule has 18 heteroatoms. The molecule has 2 heterocycles. The fourth-order valence-corrected chi connectivity index (χ4v) is 5.49. The van der Waals surface area contributed by atoms with Gasteiger partial charge < -0.3 is 15.8 Å². The molecule has 3 N–H and O–H groups in total. The number of alkyl halides is 5. The van der Waals surface area contributed by atoms with Crippen LogP contribution in [0.1, 0.15) is 74.2 Å². The highest BCUT2D eigenvalue weighted by Gasteiger charge is 2.64. The van der Waals surface area contributed by atoms with Crippen LogP contribution in [-0.2, 0) is 4.74 Å². The summed E-state index contributed by atoms with van der Waals surface area (Å²) in [5, 5.41) is 5.60. The van der Waals surface area contributed by atoms with Gasteiger partial charge in [0.05, 0.1) is 28.0 Å². The molecule has 0 bridgehead atoms. The summed E-state index contributed by atoms with van der Waals surface area (Å²) in [5.41, 5.74) is 3.91. The van der Waals surface area contributed by atoms with E-state index in [1.54, 1.807) is 18.2 Å². The van der Waals surface area contributed by atoms with Crippen LogP contribution in [0.5, 0.6) is 0 Å². The zero-order valence-electron chi connectivity index (χ0n) is 28.7. The Hall–Kier alpha value is -5.19. The molecule has 1 aliphatic rings. The minimum Gasteiger partial charge on any atom is -0.447 e. The van der Waals surface area contributed by atoms with Crippen LogP contribution >= 0.6 is 11.6 Å². The first kappa shape index (κ1) is 39.0. The van der Waals surface area contributed by atoms with Crippen molar-refractivity contribution in [3.8, 4) is 16.9 Å². The lowest BCUT2D eigenvalue weighted by atomic mass is 9.92. The predicted octanol–water partition coefficient (Wildman–Crippen LogP) is 7.81. The third-order valence-corrected chi connectivity index (χ3v) is 8.75. The van der Waals surface area contributed by atoms with E-state index in [4.69, 9.17) is 22.1 Å². The molecule has 2 amide bonds. The van der Waals surface area contributed by atoms with Gasteiger partial charge in [-0.25, -0.2) is 27.6 Å². The Balaban J connectivity index is 1.61. The number of amides is 2. The first-order valence-electron chi connectivity index (χ1n) is 16.2. The van der Waals surface area contributed by atoms with Gasteiger partial charge in [0, 0.05) is 18.3 Å². The van der Waals surface area contributed by atoms with Gasteiger partial charge in [-0.1, -0.05) is 50.6 Å². The second kappa shape index (κ2) is 15.4. The number of aliphatic imine (C=N–C) groups is 1. The predicted molar refractivity (Wildman–Crippen MR) is 183 cm³/mol. The van der Waals surface area contributed by atoms with E-state index in [0.717, 1.165) is 22.0 Å². The van der Waals surface area contributed by atoms with E-state index >= 15 is 4.39 Å². The van der Waals surface area contributed by atoms with Gasteiger partial charge in [-0.2, -0.15) is 18.3 Å². The molecule has 0 unspecified atom stereocenters. The lowest BCUT2D eigenvalue weighted by molar-refractivity contribution is -0.164. The molecule has 282 valence electrons. The van der Waals surface area contributed by atoms with Crippen LogP contribution in [0.25, 0.3) is 16.9 Å². The Morgan fingerprint density at radius 3 is 2.43 bits per heavy atom. The van der Waals surface area contributed by atoms with Crippen LogP contribution in [0.4, 0.5) is 31.1 Å². The molecule has 1 aliphatic carbocycles. The topological polar surface area (TPSA) is 141 Å². The van der Waals surface area contributed by atoms with Crippen molar-refractivity contribution in [3.63, 3.8) is 0 Å². The molecule has 0 spiro atoms. The third kappa shape index (κ3) is 9.07. The summed E-state index contributed by atoms with van der Waals surface area (Å²) in [7, 11) is 0. The molecule has 5 rings (SSSR count). The molecule has 11 nitrogen and oxygen atoms in total. The number of pyridine rings is 1. The van der Waals surface area contributed by atoms with Gasteiger partial charge in [-0.15, -0.1) is 0 Å². The van der Waals surface area contributed by atoms with Crippen molar-refractivity contribution in [2.24, 2.45) is 16.1 Å². The number of nitrogens with zero attached hydrogens (tertiary/aromatic N) is 6. The van der Waals surface area contributed by atoms with Crippen LogP contribution in [0.15, 0.2) is 72.1 Å². The second-order valence-corrected chi connectivity index (χ2v) is 13.9. The standard InChI is InChI=1S/C35H35ClF6N8O3/c1-33(2,3)13-15-45-31(43)49(30(51)22-9-7-20(16-24(22)37)25-6-4-5-14-44-25)27(18-53-32(52)48-34(11-12-34)35(40,41)42)21-8-10-23(36)26(17-21)50-29(28(38)39)46-19-47-50/h4-10,14,16-17,19,27-28H,11-13,15,18H2,1-3H3,(H2,43,45)(H,48,52)/t27-/m1/s1. The van der Waals surface area contributed by atoms with E-state index in [0.29, 0.717) is 17.7 Å². The highest BCUT2D eigenvalue weighted by atomic mass is 35.5. The normalized spacial score (nSPS) is 14.9. The lowest BCUT2D eigenvalue weighted by Crippen LogP contribution is -2.49. The van der Waals surface area contributed by atoms with Crippen molar-refractivity contribution >= 4 is 29.6 Å². The highest BCUT2D eigenvalue weighted by molar-refractivity contribution is 6.32. The molecule has 1 atom stereocenters. The van der Waals surface area contributed by atoms with Crippen LogP contribution in [0.2, 0.25) is 5.02 Å². The number of carbonyl (C=O) groups is 2. The Labute approximate surface area is 305 Å². The SMILES string of the molecule is CC(C)(C)CCN=C(N)N(C(=O)c1ccc(-c2ccccn2)cc1F)[C@H](COC(=O)NC1(C(F)(F)F)CC1)c1ccc(Cl)c(-n2ncnc2C(F)F)c1. The maximum absolute atomic E-state index is 15.9. The Morgan fingerprint density at radius 1 is 1.09 bits per heavy atom. The summed E-state index contributed by atoms with van der Waals surface area (Å²) in [6.45, 7) is 5.06. The number of hydrogen-bond donors (Lipinski definition) is 2. The second-order valence-electron chi connectivity index (χ2n) is 13.5. The van der Waals surface area contributed by atoms with E-state index in [2.05, 4.69) is 20.1 Å². The van der Waals surface area contributed by atoms with Gasteiger partial charge in [0.2, 0.25) is 0 Å². The number of guanidine groups is 1. The average molecular weight is 765 g/mol. The van der Waals surface area contributed by atoms with Crippen LogP contribution < -0.4 is 11.1 Å². The number of benzene rings is 2. The van der Waals surface area contributed by atoms with E-state index in [1.165, 1.54) is 36.5 Å². The molecule has 0 radical (unpaired) electrons. The first-order chi connectivity index (χ1) is 24.9. The number of nitrogens with two attached hydrogens (primary N) is 1. The number of ether oxygens (including phenoxy) is 1. The Kier molecular flexibility index (Phi) is 11.4. The van der Waals surface area contributed by atoms with Crippen molar-refractivity contribution in [2.75, 3.05) is 13.2 Å².